The zero-order chi connectivity index (χ0) is 14.8. The van der Waals surface area contributed by atoms with Crippen LogP contribution in [0.15, 0.2) is 35.3 Å². The first-order valence-electron chi connectivity index (χ1n) is 6.20. The summed E-state index contributed by atoms with van der Waals surface area (Å²) in [6.45, 7) is 0. The maximum absolute atomic E-state index is 12.2. The van der Waals surface area contributed by atoms with Crippen LogP contribution in [-0.4, -0.2) is 32.0 Å². The molecule has 0 aromatic carbocycles. The van der Waals surface area contributed by atoms with Gasteiger partial charge in [-0.05, 0) is 18.2 Å². The van der Waals surface area contributed by atoms with E-state index >= 15 is 0 Å². The molecule has 106 valence electrons. The van der Waals surface area contributed by atoms with Gasteiger partial charge in [-0.2, -0.15) is 5.10 Å². The maximum atomic E-state index is 12.2. The van der Waals surface area contributed by atoms with Crippen molar-refractivity contribution in [1.29, 1.82) is 0 Å². The van der Waals surface area contributed by atoms with E-state index in [1.807, 2.05) is 18.2 Å². The molecule has 0 saturated heterocycles. The molecule has 0 radical (unpaired) electrons. The van der Waals surface area contributed by atoms with Gasteiger partial charge in [-0.3, -0.25) is 9.78 Å². The summed E-state index contributed by atoms with van der Waals surface area (Å²) in [6, 6.07) is 7.25. The summed E-state index contributed by atoms with van der Waals surface area (Å²) in [7, 11) is 3.37. The molecule has 0 amide bonds. The predicted molar refractivity (Wildman–Crippen MR) is 81.2 cm³/mol. The van der Waals surface area contributed by atoms with Crippen molar-refractivity contribution < 1.29 is 0 Å². The fraction of sp³-hybridized carbons (Fsp3) is 0.154. The average Bonchev–Trinajstić information content (AvgIpc) is 2.99. The molecule has 1 N–H and O–H groups in total. The molecule has 0 aliphatic rings. The third-order valence-corrected chi connectivity index (χ3v) is 3.83. The van der Waals surface area contributed by atoms with Crippen LogP contribution >= 0.6 is 11.3 Å². The van der Waals surface area contributed by atoms with Crippen LogP contribution in [0.3, 0.4) is 0 Å². The van der Waals surface area contributed by atoms with Gasteiger partial charge in [-0.15, -0.1) is 10.2 Å². The van der Waals surface area contributed by atoms with Crippen molar-refractivity contribution in [3.8, 4) is 22.0 Å². The Bertz CT molecular complexity index is 826. The Morgan fingerprint density at radius 3 is 2.76 bits per heavy atom. The van der Waals surface area contributed by atoms with Crippen LogP contribution < -0.4 is 10.9 Å². The SMILES string of the molecule is CNc1nnc(-c2cc(-c3ccccn3)nn(C)c2=O)s1. The van der Waals surface area contributed by atoms with Crippen LogP contribution in [0.4, 0.5) is 5.13 Å². The van der Waals surface area contributed by atoms with E-state index in [4.69, 9.17) is 0 Å². The highest BCUT2D eigenvalue weighted by molar-refractivity contribution is 7.18. The van der Waals surface area contributed by atoms with Gasteiger partial charge >= 0.3 is 0 Å². The Morgan fingerprint density at radius 2 is 2.10 bits per heavy atom. The van der Waals surface area contributed by atoms with Gasteiger partial charge in [0.25, 0.3) is 5.56 Å². The zero-order valence-corrected chi connectivity index (χ0v) is 12.3. The quantitative estimate of drug-likeness (QED) is 0.787. The highest BCUT2D eigenvalue weighted by atomic mass is 32.1. The van der Waals surface area contributed by atoms with E-state index in [1.165, 1.54) is 16.0 Å². The molecule has 0 bridgehead atoms. The van der Waals surface area contributed by atoms with Crippen LogP contribution in [0.5, 0.6) is 0 Å². The number of aromatic nitrogens is 5. The topological polar surface area (TPSA) is 85.6 Å². The van der Waals surface area contributed by atoms with Crippen molar-refractivity contribution in [2.75, 3.05) is 12.4 Å². The number of hydrogen-bond donors (Lipinski definition) is 1. The summed E-state index contributed by atoms with van der Waals surface area (Å²) >= 11 is 1.32. The predicted octanol–water partition coefficient (Wildman–Crippen LogP) is 1.40. The van der Waals surface area contributed by atoms with Gasteiger partial charge in [0, 0.05) is 20.3 Å². The van der Waals surface area contributed by atoms with E-state index in [0.717, 1.165) is 0 Å². The van der Waals surface area contributed by atoms with Crippen LogP contribution in [0.2, 0.25) is 0 Å². The molecule has 0 atom stereocenters. The summed E-state index contributed by atoms with van der Waals surface area (Å²) in [5, 5.41) is 16.4. The van der Waals surface area contributed by atoms with Gasteiger partial charge in [-0.1, -0.05) is 17.4 Å². The lowest BCUT2D eigenvalue weighted by molar-refractivity contribution is 0.713. The van der Waals surface area contributed by atoms with Crippen molar-refractivity contribution >= 4 is 16.5 Å². The Morgan fingerprint density at radius 1 is 1.24 bits per heavy atom. The lowest BCUT2D eigenvalue weighted by Gasteiger charge is -2.04. The number of nitrogens with zero attached hydrogens (tertiary/aromatic N) is 5. The highest BCUT2D eigenvalue weighted by Crippen LogP contribution is 2.25. The molecule has 21 heavy (non-hydrogen) atoms. The lowest BCUT2D eigenvalue weighted by atomic mass is 10.2. The monoisotopic (exact) mass is 300 g/mol. The number of aryl methyl sites for hydroxylation is 1. The van der Waals surface area contributed by atoms with E-state index in [1.54, 1.807) is 26.4 Å². The first kappa shape index (κ1) is 13.4. The van der Waals surface area contributed by atoms with Crippen molar-refractivity contribution in [1.82, 2.24) is 25.0 Å². The summed E-state index contributed by atoms with van der Waals surface area (Å²) in [4.78, 5) is 16.5. The van der Waals surface area contributed by atoms with Crippen molar-refractivity contribution in [3.63, 3.8) is 0 Å². The first-order chi connectivity index (χ1) is 10.2. The lowest BCUT2D eigenvalue weighted by Crippen LogP contribution is -2.21. The largest absolute Gasteiger partial charge is 0.363 e. The van der Waals surface area contributed by atoms with Gasteiger partial charge in [0.1, 0.15) is 5.69 Å². The Kier molecular flexibility index (Phi) is 3.44. The van der Waals surface area contributed by atoms with Crippen LogP contribution in [0, 0.1) is 0 Å². The summed E-state index contributed by atoms with van der Waals surface area (Å²) in [5.41, 5.74) is 1.57. The maximum Gasteiger partial charge on any atom is 0.276 e. The van der Waals surface area contributed by atoms with Crippen molar-refractivity contribution in [2.24, 2.45) is 7.05 Å². The molecule has 0 aliphatic carbocycles. The van der Waals surface area contributed by atoms with E-state index in [0.29, 0.717) is 27.1 Å². The third-order valence-electron chi connectivity index (χ3n) is 2.86. The molecular weight excluding hydrogens is 288 g/mol. The standard InChI is InChI=1S/C13H12N6OS/c1-14-13-17-16-11(21-13)8-7-10(18-19(2)12(8)20)9-5-3-4-6-15-9/h3-7H,1-2H3,(H,14,17). The minimum Gasteiger partial charge on any atom is -0.363 e. The molecule has 7 nitrogen and oxygen atoms in total. The van der Waals surface area contributed by atoms with Gasteiger partial charge in [-0.25, -0.2) is 4.68 Å². The number of anilines is 1. The van der Waals surface area contributed by atoms with Crippen LogP contribution in [0.1, 0.15) is 0 Å². The van der Waals surface area contributed by atoms with Gasteiger partial charge in [0.2, 0.25) is 5.13 Å². The number of pyridine rings is 1. The molecule has 8 heteroatoms. The van der Waals surface area contributed by atoms with Crippen molar-refractivity contribution in [2.45, 2.75) is 0 Å². The summed E-state index contributed by atoms with van der Waals surface area (Å²) in [6.07, 6.45) is 1.69. The number of hydrogen-bond acceptors (Lipinski definition) is 7. The summed E-state index contributed by atoms with van der Waals surface area (Å²) < 4.78 is 1.29. The fourth-order valence-electron chi connectivity index (χ4n) is 1.83. The molecule has 0 unspecified atom stereocenters. The molecule has 0 saturated carbocycles. The zero-order valence-electron chi connectivity index (χ0n) is 11.4. The third kappa shape index (κ3) is 2.52. The van der Waals surface area contributed by atoms with Gasteiger partial charge in [0.05, 0.1) is 11.3 Å². The van der Waals surface area contributed by atoms with Crippen molar-refractivity contribution in [3.05, 3.63) is 40.8 Å². The molecule has 0 fully saturated rings. The van der Waals surface area contributed by atoms with E-state index in [-0.39, 0.29) is 5.56 Å². The second-order valence-electron chi connectivity index (χ2n) is 4.25. The fourth-order valence-corrected chi connectivity index (χ4v) is 2.54. The van der Waals surface area contributed by atoms with E-state index in [2.05, 4.69) is 25.6 Å². The molecule has 0 spiro atoms. The smallest absolute Gasteiger partial charge is 0.276 e. The summed E-state index contributed by atoms with van der Waals surface area (Å²) in [5.74, 6) is 0. The first-order valence-corrected chi connectivity index (χ1v) is 7.02. The van der Waals surface area contributed by atoms with Gasteiger partial charge in [0.15, 0.2) is 5.01 Å². The van der Waals surface area contributed by atoms with Crippen LogP contribution in [0.25, 0.3) is 22.0 Å². The Labute approximate surface area is 124 Å². The second-order valence-corrected chi connectivity index (χ2v) is 5.23. The molecule has 0 aliphatic heterocycles. The highest BCUT2D eigenvalue weighted by Gasteiger charge is 2.14. The molecule has 3 heterocycles. The van der Waals surface area contributed by atoms with E-state index in [9.17, 15) is 4.79 Å². The van der Waals surface area contributed by atoms with Crippen LogP contribution in [-0.2, 0) is 7.05 Å². The molecule has 3 aromatic rings. The number of rotatable bonds is 3. The number of nitrogens with one attached hydrogen (secondary N) is 1. The average molecular weight is 300 g/mol. The minimum absolute atomic E-state index is 0.214. The molecule has 3 aromatic heterocycles. The normalized spacial score (nSPS) is 10.6. The molecular formula is C13H12N6OS. The Hall–Kier alpha value is -2.61. The Balaban J connectivity index is 2.17. The molecule has 3 rings (SSSR count). The van der Waals surface area contributed by atoms with Gasteiger partial charge < -0.3 is 5.32 Å². The minimum atomic E-state index is -0.214. The second kappa shape index (κ2) is 5.41. The van der Waals surface area contributed by atoms with E-state index < -0.39 is 0 Å².